The molecule has 0 atom stereocenters. The number of anilines is 1. The maximum Gasteiger partial charge on any atom is 0.163 e. The predicted octanol–water partition coefficient (Wildman–Crippen LogP) is 5.48. The number of rotatable bonds is 11. The number of aromatic nitrogens is 2. The number of benzene rings is 3. The molecule has 182 valence electrons. The molecule has 0 fully saturated rings. The third-order valence-corrected chi connectivity index (χ3v) is 5.57. The van der Waals surface area contributed by atoms with Crippen LogP contribution in [-0.2, 0) is 9.47 Å². The van der Waals surface area contributed by atoms with Crippen molar-refractivity contribution in [1.29, 1.82) is 0 Å². The van der Waals surface area contributed by atoms with E-state index in [1.54, 1.807) is 26.4 Å². The molecule has 3 aromatic carbocycles. The molecule has 0 bridgehead atoms. The van der Waals surface area contributed by atoms with Crippen LogP contribution in [0.2, 0.25) is 0 Å². The Bertz CT molecular complexity index is 1270. The number of hydrogen-bond donors (Lipinski definition) is 1. The Morgan fingerprint density at radius 3 is 1.91 bits per heavy atom. The first kappa shape index (κ1) is 24.7. The molecular weight excluding hydrogens is 514 g/mol. The molecule has 0 aliphatic rings. The van der Waals surface area contributed by atoms with E-state index in [4.69, 9.17) is 34.4 Å². The molecule has 0 radical (unpaired) electrons. The average molecular weight is 540 g/mol. The van der Waals surface area contributed by atoms with Crippen molar-refractivity contribution < 1.29 is 23.7 Å². The summed E-state index contributed by atoms with van der Waals surface area (Å²) in [7, 11) is 3.24. The molecule has 9 heteroatoms. The molecule has 4 rings (SSSR count). The monoisotopic (exact) mass is 539 g/mol. The smallest absolute Gasteiger partial charge is 0.163 e. The minimum Gasteiger partial charge on any atom is -0.487 e. The van der Waals surface area contributed by atoms with E-state index in [2.05, 4.69) is 20.9 Å². The number of nitrogens with zero attached hydrogens (tertiary/aromatic N) is 2. The van der Waals surface area contributed by atoms with E-state index in [9.17, 15) is 0 Å². The van der Waals surface area contributed by atoms with Gasteiger partial charge in [-0.1, -0.05) is 15.9 Å². The molecule has 1 heterocycles. The standard InChI is InChI=1S/C26H26BrN3O5/c1-31-11-13-33-23-15-21-22(16-24(23)34-14-12-32-2)29-26(30-25(21)28)17-3-7-19(8-4-17)35-20-9-5-18(27)6-10-20/h3-10,15-16H,11-14H2,1-2H3,(H2,28,29,30). The highest BCUT2D eigenvalue weighted by molar-refractivity contribution is 9.10. The van der Waals surface area contributed by atoms with Gasteiger partial charge in [0, 0.05) is 35.7 Å². The van der Waals surface area contributed by atoms with Gasteiger partial charge in [-0.2, -0.15) is 0 Å². The van der Waals surface area contributed by atoms with Gasteiger partial charge in [0.1, 0.15) is 30.5 Å². The summed E-state index contributed by atoms with van der Waals surface area (Å²) in [6.45, 7) is 1.63. The second-order valence-electron chi connectivity index (χ2n) is 7.51. The molecule has 2 N–H and O–H groups in total. The van der Waals surface area contributed by atoms with Crippen molar-refractivity contribution in [2.45, 2.75) is 0 Å². The number of halogens is 1. The van der Waals surface area contributed by atoms with E-state index in [0.29, 0.717) is 66.2 Å². The number of hydrogen-bond acceptors (Lipinski definition) is 8. The predicted molar refractivity (Wildman–Crippen MR) is 138 cm³/mol. The minimum absolute atomic E-state index is 0.347. The highest BCUT2D eigenvalue weighted by Gasteiger charge is 2.14. The van der Waals surface area contributed by atoms with Crippen LogP contribution < -0.4 is 19.9 Å². The van der Waals surface area contributed by atoms with Crippen LogP contribution in [0.5, 0.6) is 23.0 Å². The Hall–Kier alpha value is -3.40. The van der Waals surface area contributed by atoms with Crippen molar-refractivity contribution in [2.75, 3.05) is 46.4 Å². The maximum atomic E-state index is 6.31. The van der Waals surface area contributed by atoms with E-state index in [1.165, 1.54) is 0 Å². The van der Waals surface area contributed by atoms with Crippen LogP contribution in [0.1, 0.15) is 0 Å². The van der Waals surface area contributed by atoms with E-state index in [1.807, 2.05) is 48.5 Å². The Morgan fingerprint density at radius 2 is 1.31 bits per heavy atom. The molecule has 4 aromatic rings. The van der Waals surface area contributed by atoms with Gasteiger partial charge in [0.25, 0.3) is 0 Å². The lowest BCUT2D eigenvalue weighted by atomic mass is 10.1. The van der Waals surface area contributed by atoms with Crippen LogP contribution >= 0.6 is 15.9 Å². The summed E-state index contributed by atoms with van der Waals surface area (Å²) in [6.07, 6.45) is 0. The summed E-state index contributed by atoms with van der Waals surface area (Å²) >= 11 is 3.42. The molecule has 0 saturated carbocycles. The van der Waals surface area contributed by atoms with Crippen molar-refractivity contribution in [2.24, 2.45) is 0 Å². The van der Waals surface area contributed by atoms with Crippen molar-refractivity contribution in [3.05, 3.63) is 65.1 Å². The topological polar surface area (TPSA) is 98.0 Å². The van der Waals surface area contributed by atoms with Crippen LogP contribution in [0.15, 0.2) is 65.1 Å². The van der Waals surface area contributed by atoms with Crippen molar-refractivity contribution in [3.63, 3.8) is 0 Å². The molecule has 35 heavy (non-hydrogen) atoms. The van der Waals surface area contributed by atoms with Crippen LogP contribution in [0.25, 0.3) is 22.3 Å². The molecule has 0 aliphatic heterocycles. The zero-order valence-corrected chi connectivity index (χ0v) is 21.1. The van der Waals surface area contributed by atoms with Crippen LogP contribution in [-0.4, -0.2) is 50.6 Å². The third-order valence-electron chi connectivity index (χ3n) is 5.04. The fourth-order valence-corrected chi connectivity index (χ4v) is 3.56. The Morgan fingerprint density at radius 1 is 0.743 bits per heavy atom. The maximum absolute atomic E-state index is 6.31. The molecule has 0 aliphatic carbocycles. The quantitative estimate of drug-likeness (QED) is 0.250. The van der Waals surface area contributed by atoms with Gasteiger partial charge < -0.3 is 29.4 Å². The number of nitrogens with two attached hydrogens (primary N) is 1. The second-order valence-corrected chi connectivity index (χ2v) is 8.43. The highest BCUT2D eigenvalue weighted by atomic mass is 79.9. The fraction of sp³-hybridized carbons (Fsp3) is 0.231. The van der Waals surface area contributed by atoms with Gasteiger partial charge in [0.15, 0.2) is 17.3 Å². The highest BCUT2D eigenvalue weighted by Crippen LogP contribution is 2.35. The zero-order chi connectivity index (χ0) is 24.6. The van der Waals surface area contributed by atoms with Crippen LogP contribution in [0, 0.1) is 0 Å². The molecule has 1 aromatic heterocycles. The largest absolute Gasteiger partial charge is 0.487 e. The zero-order valence-electron chi connectivity index (χ0n) is 19.5. The lowest BCUT2D eigenvalue weighted by Crippen LogP contribution is -2.09. The minimum atomic E-state index is 0.347. The van der Waals surface area contributed by atoms with Gasteiger partial charge in [-0.05, 0) is 54.6 Å². The second kappa shape index (κ2) is 11.8. The lowest BCUT2D eigenvalue weighted by molar-refractivity contribution is 0.132. The van der Waals surface area contributed by atoms with Gasteiger partial charge >= 0.3 is 0 Å². The molecule has 8 nitrogen and oxygen atoms in total. The average Bonchev–Trinajstić information content (AvgIpc) is 2.86. The van der Waals surface area contributed by atoms with E-state index >= 15 is 0 Å². The third kappa shape index (κ3) is 6.39. The first-order valence-electron chi connectivity index (χ1n) is 11.0. The first-order chi connectivity index (χ1) is 17.1. The summed E-state index contributed by atoms with van der Waals surface area (Å²) in [5, 5.41) is 0.676. The van der Waals surface area contributed by atoms with Gasteiger partial charge in [-0.15, -0.1) is 0 Å². The Balaban J connectivity index is 1.61. The van der Waals surface area contributed by atoms with Crippen molar-refractivity contribution in [1.82, 2.24) is 9.97 Å². The van der Waals surface area contributed by atoms with E-state index in [-0.39, 0.29) is 0 Å². The molecular formula is C26H26BrN3O5. The van der Waals surface area contributed by atoms with Crippen molar-refractivity contribution in [3.8, 4) is 34.4 Å². The van der Waals surface area contributed by atoms with E-state index < -0.39 is 0 Å². The fourth-order valence-electron chi connectivity index (χ4n) is 3.30. The normalized spacial score (nSPS) is 10.9. The van der Waals surface area contributed by atoms with Gasteiger partial charge in [0.05, 0.1) is 18.7 Å². The molecule has 0 spiro atoms. The molecule has 0 saturated heterocycles. The Kier molecular flexibility index (Phi) is 8.36. The Labute approximate surface area is 212 Å². The lowest BCUT2D eigenvalue weighted by Gasteiger charge is -2.15. The van der Waals surface area contributed by atoms with Gasteiger partial charge in [-0.3, -0.25) is 0 Å². The number of ether oxygens (including phenoxy) is 5. The summed E-state index contributed by atoms with van der Waals surface area (Å²) in [5.41, 5.74) is 7.77. The van der Waals surface area contributed by atoms with Crippen LogP contribution in [0.4, 0.5) is 5.82 Å². The van der Waals surface area contributed by atoms with Gasteiger partial charge in [-0.25, -0.2) is 9.97 Å². The van der Waals surface area contributed by atoms with Gasteiger partial charge in [0.2, 0.25) is 0 Å². The summed E-state index contributed by atoms with van der Waals surface area (Å²) in [6, 6.07) is 18.8. The first-order valence-corrected chi connectivity index (χ1v) is 11.8. The molecule has 0 unspecified atom stereocenters. The van der Waals surface area contributed by atoms with E-state index in [0.717, 1.165) is 15.8 Å². The van der Waals surface area contributed by atoms with Crippen LogP contribution in [0.3, 0.4) is 0 Å². The number of methoxy groups -OCH3 is 2. The van der Waals surface area contributed by atoms with Crippen molar-refractivity contribution >= 4 is 32.7 Å². The number of nitrogen functional groups attached to an aromatic ring is 1. The SMILES string of the molecule is COCCOc1cc2nc(-c3ccc(Oc4ccc(Br)cc4)cc3)nc(N)c2cc1OCCOC. The summed E-state index contributed by atoms with van der Waals surface area (Å²) < 4.78 is 28.8. The number of fused-ring (bicyclic) bond motifs is 1. The summed E-state index contributed by atoms with van der Waals surface area (Å²) in [4.78, 5) is 9.24. The summed E-state index contributed by atoms with van der Waals surface area (Å²) in [5.74, 6) is 3.39. The molecule has 0 amide bonds.